The first-order chi connectivity index (χ1) is 12.1. The Bertz CT molecular complexity index is 736. The van der Waals surface area contributed by atoms with Crippen molar-refractivity contribution in [3.63, 3.8) is 0 Å². The van der Waals surface area contributed by atoms with Crippen molar-refractivity contribution in [2.75, 3.05) is 27.3 Å². The minimum Gasteiger partial charge on any atom is -0.493 e. The molecule has 7 nitrogen and oxygen atoms in total. The molecule has 25 heavy (non-hydrogen) atoms. The number of carbonyl (C=O) groups is 1. The first kappa shape index (κ1) is 17.3. The molecule has 3 rings (SSSR count). The highest BCUT2D eigenvalue weighted by molar-refractivity contribution is 5.79. The van der Waals surface area contributed by atoms with Gasteiger partial charge >= 0.3 is 0 Å². The molecule has 0 N–H and O–H groups in total. The highest BCUT2D eigenvalue weighted by Crippen LogP contribution is 2.29. The number of aromatic nitrogens is 2. The maximum atomic E-state index is 12.6. The van der Waals surface area contributed by atoms with E-state index >= 15 is 0 Å². The molecular formula is C18H23N3O4. The normalized spacial score (nSPS) is 15.2. The Morgan fingerprint density at radius 2 is 1.92 bits per heavy atom. The van der Waals surface area contributed by atoms with Crippen LogP contribution in [0, 0.1) is 6.92 Å². The molecule has 7 heteroatoms. The molecule has 0 atom stereocenters. The Morgan fingerprint density at radius 3 is 2.52 bits per heavy atom. The van der Waals surface area contributed by atoms with Gasteiger partial charge in [-0.3, -0.25) is 4.79 Å². The van der Waals surface area contributed by atoms with Crippen molar-refractivity contribution in [3.8, 4) is 11.5 Å². The SMILES string of the molecule is COc1ccc(CC(=O)N2CCC(c3nnc(C)o3)CC2)cc1OC. The zero-order chi connectivity index (χ0) is 17.8. The summed E-state index contributed by atoms with van der Waals surface area (Å²) in [7, 11) is 3.19. The quantitative estimate of drug-likeness (QED) is 0.828. The van der Waals surface area contributed by atoms with Gasteiger partial charge in [-0.05, 0) is 30.5 Å². The third-order valence-electron chi connectivity index (χ3n) is 4.54. The van der Waals surface area contributed by atoms with Gasteiger partial charge in [-0.1, -0.05) is 6.07 Å². The highest BCUT2D eigenvalue weighted by Gasteiger charge is 2.27. The van der Waals surface area contributed by atoms with Gasteiger partial charge in [0.1, 0.15) is 0 Å². The highest BCUT2D eigenvalue weighted by atomic mass is 16.5. The lowest BCUT2D eigenvalue weighted by Gasteiger charge is -2.30. The number of piperidine rings is 1. The molecule has 0 aliphatic carbocycles. The summed E-state index contributed by atoms with van der Waals surface area (Å²) in [6.45, 7) is 3.20. The Labute approximate surface area is 146 Å². The van der Waals surface area contributed by atoms with E-state index in [0.29, 0.717) is 42.8 Å². The lowest BCUT2D eigenvalue weighted by Crippen LogP contribution is -2.38. The first-order valence-electron chi connectivity index (χ1n) is 8.39. The van der Waals surface area contributed by atoms with Crippen LogP contribution in [0.1, 0.15) is 36.1 Å². The molecule has 1 fully saturated rings. The van der Waals surface area contributed by atoms with Crippen molar-refractivity contribution in [3.05, 3.63) is 35.5 Å². The van der Waals surface area contributed by atoms with Gasteiger partial charge < -0.3 is 18.8 Å². The van der Waals surface area contributed by atoms with Crippen molar-refractivity contribution in [2.24, 2.45) is 0 Å². The van der Waals surface area contributed by atoms with Crippen LogP contribution in [0.5, 0.6) is 11.5 Å². The van der Waals surface area contributed by atoms with E-state index in [-0.39, 0.29) is 11.8 Å². The van der Waals surface area contributed by atoms with E-state index in [1.165, 1.54) is 0 Å². The Balaban J connectivity index is 1.58. The fourth-order valence-corrected chi connectivity index (χ4v) is 3.13. The summed E-state index contributed by atoms with van der Waals surface area (Å²) in [4.78, 5) is 14.5. The Hall–Kier alpha value is -2.57. The van der Waals surface area contributed by atoms with Crippen molar-refractivity contribution < 1.29 is 18.7 Å². The molecule has 1 aromatic heterocycles. The number of aryl methyl sites for hydroxylation is 1. The van der Waals surface area contributed by atoms with E-state index in [2.05, 4.69) is 10.2 Å². The van der Waals surface area contributed by atoms with Crippen LogP contribution in [-0.4, -0.2) is 48.3 Å². The van der Waals surface area contributed by atoms with Gasteiger partial charge in [0.2, 0.25) is 17.7 Å². The lowest BCUT2D eigenvalue weighted by atomic mass is 9.96. The van der Waals surface area contributed by atoms with Gasteiger partial charge in [0, 0.05) is 25.9 Å². The zero-order valence-corrected chi connectivity index (χ0v) is 14.8. The van der Waals surface area contributed by atoms with Crippen molar-refractivity contribution in [1.82, 2.24) is 15.1 Å². The van der Waals surface area contributed by atoms with Gasteiger partial charge in [0.15, 0.2) is 11.5 Å². The van der Waals surface area contributed by atoms with Gasteiger partial charge in [0.25, 0.3) is 0 Å². The van der Waals surface area contributed by atoms with Crippen LogP contribution in [0.15, 0.2) is 22.6 Å². The maximum absolute atomic E-state index is 12.6. The number of likely N-dealkylation sites (tertiary alicyclic amines) is 1. The molecule has 2 heterocycles. The second-order valence-corrected chi connectivity index (χ2v) is 6.18. The van der Waals surface area contributed by atoms with Crippen LogP contribution in [0.2, 0.25) is 0 Å². The van der Waals surface area contributed by atoms with Gasteiger partial charge in [-0.25, -0.2) is 0 Å². The molecule has 0 radical (unpaired) electrons. The van der Waals surface area contributed by atoms with Crippen LogP contribution in [0.3, 0.4) is 0 Å². The number of rotatable bonds is 5. The summed E-state index contributed by atoms with van der Waals surface area (Å²) in [6.07, 6.45) is 2.04. The number of amides is 1. The average Bonchev–Trinajstić information content (AvgIpc) is 3.08. The van der Waals surface area contributed by atoms with Crippen molar-refractivity contribution >= 4 is 5.91 Å². The van der Waals surface area contributed by atoms with E-state index in [1.807, 2.05) is 23.1 Å². The minimum atomic E-state index is 0.118. The van der Waals surface area contributed by atoms with Crippen LogP contribution in [0.25, 0.3) is 0 Å². The molecule has 0 unspecified atom stereocenters. The second-order valence-electron chi connectivity index (χ2n) is 6.18. The molecule has 1 amide bonds. The fourth-order valence-electron chi connectivity index (χ4n) is 3.13. The minimum absolute atomic E-state index is 0.118. The summed E-state index contributed by atoms with van der Waals surface area (Å²) >= 11 is 0. The molecule has 0 spiro atoms. The largest absolute Gasteiger partial charge is 0.493 e. The van der Waals surface area contributed by atoms with Crippen LogP contribution >= 0.6 is 0 Å². The monoisotopic (exact) mass is 345 g/mol. The molecule has 1 aliphatic rings. The molecule has 1 aromatic carbocycles. The van der Waals surface area contributed by atoms with Crippen molar-refractivity contribution in [1.29, 1.82) is 0 Å². The summed E-state index contributed by atoms with van der Waals surface area (Å²) in [5.41, 5.74) is 0.914. The molecule has 1 saturated heterocycles. The van der Waals surface area contributed by atoms with E-state index in [9.17, 15) is 4.79 Å². The first-order valence-corrected chi connectivity index (χ1v) is 8.39. The molecule has 2 aromatic rings. The summed E-state index contributed by atoms with van der Waals surface area (Å²) < 4.78 is 16.0. The number of hydrogen-bond acceptors (Lipinski definition) is 6. The zero-order valence-electron chi connectivity index (χ0n) is 14.8. The van der Waals surface area contributed by atoms with Gasteiger partial charge in [-0.2, -0.15) is 0 Å². The average molecular weight is 345 g/mol. The lowest BCUT2D eigenvalue weighted by molar-refractivity contribution is -0.131. The summed E-state index contributed by atoms with van der Waals surface area (Å²) in [5.74, 6) is 2.93. The Morgan fingerprint density at radius 1 is 1.20 bits per heavy atom. The Kier molecular flexibility index (Phi) is 5.21. The van der Waals surface area contributed by atoms with Gasteiger partial charge in [-0.15, -0.1) is 10.2 Å². The molecule has 0 bridgehead atoms. The summed E-state index contributed by atoms with van der Waals surface area (Å²) in [6, 6.07) is 5.57. The standard InChI is InChI=1S/C18H23N3O4/c1-12-19-20-18(25-12)14-6-8-21(9-7-14)17(22)11-13-4-5-15(23-2)16(10-13)24-3/h4-5,10,14H,6-9,11H2,1-3H3. The molecule has 134 valence electrons. The van der Waals surface area contributed by atoms with E-state index in [0.717, 1.165) is 18.4 Å². The third kappa shape index (κ3) is 3.92. The van der Waals surface area contributed by atoms with E-state index < -0.39 is 0 Å². The predicted molar refractivity (Wildman–Crippen MR) is 90.8 cm³/mol. The number of methoxy groups -OCH3 is 2. The summed E-state index contributed by atoms with van der Waals surface area (Å²) in [5, 5.41) is 7.98. The van der Waals surface area contributed by atoms with E-state index in [1.54, 1.807) is 21.1 Å². The third-order valence-corrected chi connectivity index (χ3v) is 4.54. The number of ether oxygens (including phenoxy) is 2. The fraction of sp³-hybridized carbons (Fsp3) is 0.500. The topological polar surface area (TPSA) is 77.7 Å². The number of hydrogen-bond donors (Lipinski definition) is 0. The number of nitrogens with zero attached hydrogens (tertiary/aromatic N) is 3. The van der Waals surface area contributed by atoms with Crippen LogP contribution in [0.4, 0.5) is 0 Å². The van der Waals surface area contributed by atoms with Gasteiger partial charge in [0.05, 0.1) is 20.6 Å². The smallest absolute Gasteiger partial charge is 0.226 e. The number of carbonyl (C=O) groups excluding carboxylic acids is 1. The second kappa shape index (κ2) is 7.55. The molecule has 1 aliphatic heterocycles. The van der Waals surface area contributed by atoms with E-state index in [4.69, 9.17) is 13.9 Å². The maximum Gasteiger partial charge on any atom is 0.226 e. The van der Waals surface area contributed by atoms with Crippen LogP contribution in [-0.2, 0) is 11.2 Å². The number of benzene rings is 1. The van der Waals surface area contributed by atoms with Crippen molar-refractivity contribution in [2.45, 2.75) is 32.1 Å². The molecule has 0 saturated carbocycles. The van der Waals surface area contributed by atoms with Crippen LogP contribution < -0.4 is 9.47 Å². The molecular weight excluding hydrogens is 322 g/mol. The predicted octanol–water partition coefficient (Wildman–Crippen LogP) is 2.34.